The Hall–Kier alpha value is -1.33. The molecule has 1 aromatic heterocycles. The molecule has 0 aromatic carbocycles. The third kappa shape index (κ3) is 7.92. The van der Waals surface area contributed by atoms with E-state index in [1.54, 1.807) is 13.8 Å². The van der Waals surface area contributed by atoms with Crippen LogP contribution in [0.4, 0.5) is 0 Å². The zero-order chi connectivity index (χ0) is 19.7. The average molecular weight is 396 g/mol. The van der Waals surface area contributed by atoms with Gasteiger partial charge in [0.1, 0.15) is 0 Å². The summed E-state index contributed by atoms with van der Waals surface area (Å²) in [6.07, 6.45) is -1.59. The van der Waals surface area contributed by atoms with Gasteiger partial charge in [-0.05, 0) is 13.8 Å². The van der Waals surface area contributed by atoms with Crippen molar-refractivity contribution < 1.29 is 32.9 Å². The molecule has 0 aliphatic rings. The highest BCUT2D eigenvalue weighted by Gasteiger charge is 2.25. The van der Waals surface area contributed by atoms with Crippen molar-refractivity contribution in [1.29, 1.82) is 0 Å². The fraction of sp³-hybridized carbons (Fsp3) is 0.714. The number of hydrogen-bond donors (Lipinski definition) is 2. The van der Waals surface area contributed by atoms with Crippen molar-refractivity contribution in [3.63, 3.8) is 0 Å². The molecule has 0 aliphatic carbocycles. The first-order chi connectivity index (χ1) is 12.2. The van der Waals surface area contributed by atoms with E-state index in [9.17, 15) is 19.0 Å². The maximum absolute atomic E-state index is 12.0. The fourth-order valence-electron chi connectivity index (χ4n) is 1.78. The number of ether oxygens (including phenoxy) is 4. The number of aromatic amines is 1. The van der Waals surface area contributed by atoms with E-state index < -0.39 is 37.7 Å². The van der Waals surface area contributed by atoms with Gasteiger partial charge in [-0.3, -0.25) is 18.9 Å². The van der Waals surface area contributed by atoms with Crippen LogP contribution in [0.25, 0.3) is 0 Å². The summed E-state index contributed by atoms with van der Waals surface area (Å²) in [5.41, 5.74) is -1.26. The molecule has 12 heteroatoms. The smallest absolute Gasteiger partial charge is 0.353 e. The second kappa shape index (κ2) is 10.7. The first-order valence-electron chi connectivity index (χ1n) is 7.75. The molecule has 3 atom stereocenters. The SMILES string of the molecule is COC[C@@H](O[C@@H](COC(C)C)OCP(=O)(O)OC)n1ccc(=O)[nH]c1=O. The van der Waals surface area contributed by atoms with Crippen LogP contribution in [0.1, 0.15) is 20.1 Å². The summed E-state index contributed by atoms with van der Waals surface area (Å²) < 4.78 is 38.6. The van der Waals surface area contributed by atoms with Crippen molar-refractivity contribution >= 4 is 7.60 Å². The molecule has 0 amide bonds. The van der Waals surface area contributed by atoms with Crippen LogP contribution in [0, 0.1) is 0 Å². The van der Waals surface area contributed by atoms with Crippen LogP contribution in [-0.2, 0) is 28.0 Å². The van der Waals surface area contributed by atoms with Gasteiger partial charge in [-0.1, -0.05) is 0 Å². The van der Waals surface area contributed by atoms with Gasteiger partial charge in [0.05, 0.1) is 19.3 Å². The number of nitrogens with one attached hydrogen (secondary N) is 1. The van der Waals surface area contributed by atoms with Crippen molar-refractivity contribution in [2.75, 3.05) is 33.8 Å². The van der Waals surface area contributed by atoms with Crippen molar-refractivity contribution in [1.82, 2.24) is 9.55 Å². The Bertz CT molecular complexity index is 702. The lowest BCUT2D eigenvalue weighted by Gasteiger charge is -2.26. The molecule has 0 aliphatic heterocycles. The summed E-state index contributed by atoms with van der Waals surface area (Å²) in [5.74, 6) is 0. The third-order valence-electron chi connectivity index (χ3n) is 3.05. The minimum absolute atomic E-state index is 0.0471. The van der Waals surface area contributed by atoms with Crippen molar-refractivity contribution in [3.05, 3.63) is 33.1 Å². The quantitative estimate of drug-likeness (QED) is 0.376. The van der Waals surface area contributed by atoms with E-state index >= 15 is 0 Å². The van der Waals surface area contributed by atoms with Crippen molar-refractivity contribution in [3.8, 4) is 0 Å². The number of nitrogens with zero attached hydrogens (tertiary/aromatic N) is 1. The van der Waals surface area contributed by atoms with Crippen molar-refractivity contribution in [2.45, 2.75) is 32.5 Å². The van der Waals surface area contributed by atoms with Crippen LogP contribution < -0.4 is 11.2 Å². The molecule has 0 spiro atoms. The zero-order valence-corrected chi connectivity index (χ0v) is 16.0. The summed E-state index contributed by atoms with van der Waals surface area (Å²) in [4.78, 5) is 34.8. The Balaban J connectivity index is 2.95. The molecule has 1 rings (SSSR count). The third-order valence-corrected chi connectivity index (χ3v) is 4.10. The highest BCUT2D eigenvalue weighted by atomic mass is 31.2. The Kier molecular flexibility index (Phi) is 9.37. The van der Waals surface area contributed by atoms with E-state index in [-0.39, 0.29) is 19.3 Å². The highest BCUT2D eigenvalue weighted by molar-refractivity contribution is 7.52. The summed E-state index contributed by atoms with van der Waals surface area (Å²) in [5, 5.41) is 0. The summed E-state index contributed by atoms with van der Waals surface area (Å²) in [6.45, 7) is 3.47. The maximum atomic E-state index is 12.0. The standard InChI is InChI=1S/C14H25N2O9P/c1-10(2)23-8-13(24-9-26(19,20)22-4)25-12(7-21-3)16-6-5-11(17)15-14(16)18/h5-6,10,12-13H,7-9H2,1-4H3,(H,19,20)(H,15,17,18)/t12-,13+/m1/s1. The number of aromatic nitrogens is 2. The first kappa shape index (κ1) is 22.7. The summed E-state index contributed by atoms with van der Waals surface area (Å²) >= 11 is 0. The van der Waals surface area contributed by atoms with E-state index in [2.05, 4.69) is 9.51 Å². The van der Waals surface area contributed by atoms with Gasteiger partial charge >= 0.3 is 13.3 Å². The second-order valence-corrected chi connectivity index (χ2v) is 7.39. The van der Waals surface area contributed by atoms with E-state index in [1.165, 1.54) is 13.3 Å². The maximum Gasteiger partial charge on any atom is 0.353 e. The van der Waals surface area contributed by atoms with Gasteiger partial charge in [-0.2, -0.15) is 0 Å². The molecular formula is C14H25N2O9P. The monoisotopic (exact) mass is 396 g/mol. The van der Waals surface area contributed by atoms with Gasteiger partial charge in [-0.25, -0.2) is 4.79 Å². The molecule has 0 saturated heterocycles. The molecule has 0 bridgehead atoms. The largest absolute Gasteiger partial charge is 0.380 e. The second-order valence-electron chi connectivity index (χ2n) is 5.49. The average Bonchev–Trinajstić information content (AvgIpc) is 2.56. The highest BCUT2D eigenvalue weighted by Crippen LogP contribution is 2.40. The Morgan fingerprint density at radius 1 is 1.23 bits per heavy atom. The van der Waals surface area contributed by atoms with Crippen LogP contribution in [-0.4, -0.2) is 60.6 Å². The van der Waals surface area contributed by atoms with Gasteiger partial charge in [0, 0.05) is 26.5 Å². The molecular weight excluding hydrogens is 371 g/mol. The minimum atomic E-state index is -3.93. The lowest BCUT2D eigenvalue weighted by molar-refractivity contribution is -0.220. The van der Waals surface area contributed by atoms with Gasteiger partial charge in [0.2, 0.25) is 0 Å². The number of H-pyrrole nitrogens is 1. The molecule has 1 heterocycles. The van der Waals surface area contributed by atoms with Gasteiger partial charge in [0.15, 0.2) is 18.9 Å². The zero-order valence-electron chi connectivity index (χ0n) is 15.1. The topological polar surface area (TPSA) is 138 Å². The van der Waals surface area contributed by atoms with Gasteiger partial charge in [-0.15, -0.1) is 0 Å². The van der Waals surface area contributed by atoms with Crippen LogP contribution >= 0.6 is 7.60 Å². The van der Waals surface area contributed by atoms with Crippen LogP contribution in [0.15, 0.2) is 21.9 Å². The van der Waals surface area contributed by atoms with Crippen molar-refractivity contribution in [2.24, 2.45) is 0 Å². The molecule has 26 heavy (non-hydrogen) atoms. The van der Waals surface area contributed by atoms with E-state index in [0.717, 1.165) is 17.7 Å². The molecule has 11 nitrogen and oxygen atoms in total. The lowest BCUT2D eigenvalue weighted by atomic mass is 10.5. The lowest BCUT2D eigenvalue weighted by Crippen LogP contribution is -2.38. The van der Waals surface area contributed by atoms with Gasteiger partial charge < -0.3 is 28.4 Å². The number of rotatable bonds is 12. The molecule has 0 saturated carbocycles. The molecule has 1 aromatic rings. The van der Waals surface area contributed by atoms with Crippen LogP contribution in [0.5, 0.6) is 0 Å². The van der Waals surface area contributed by atoms with E-state index in [0.29, 0.717) is 0 Å². The normalized spacial score (nSPS) is 16.4. The Morgan fingerprint density at radius 3 is 2.46 bits per heavy atom. The van der Waals surface area contributed by atoms with Crippen LogP contribution in [0.3, 0.4) is 0 Å². The Morgan fingerprint density at radius 2 is 1.92 bits per heavy atom. The molecule has 150 valence electrons. The van der Waals surface area contributed by atoms with E-state index in [1.807, 2.05) is 0 Å². The molecule has 0 radical (unpaired) electrons. The first-order valence-corrected chi connectivity index (χ1v) is 9.51. The number of hydrogen-bond acceptors (Lipinski definition) is 8. The fourth-order valence-corrected chi connectivity index (χ4v) is 2.24. The summed E-state index contributed by atoms with van der Waals surface area (Å²) in [6, 6.07) is 1.15. The Labute approximate surface area is 150 Å². The predicted molar refractivity (Wildman–Crippen MR) is 91.0 cm³/mol. The predicted octanol–water partition coefficient (Wildman–Crippen LogP) is 0.255. The van der Waals surface area contributed by atoms with Gasteiger partial charge in [0.25, 0.3) is 5.56 Å². The minimum Gasteiger partial charge on any atom is -0.380 e. The summed E-state index contributed by atoms with van der Waals surface area (Å²) in [7, 11) is -1.44. The molecule has 0 fully saturated rings. The molecule has 2 N–H and O–H groups in total. The van der Waals surface area contributed by atoms with E-state index in [4.69, 9.17) is 18.9 Å². The molecule has 1 unspecified atom stereocenters. The van der Waals surface area contributed by atoms with Crippen LogP contribution in [0.2, 0.25) is 0 Å². The number of methoxy groups -OCH3 is 1.